The molecule has 0 aromatic heterocycles. The van der Waals surface area contributed by atoms with Gasteiger partial charge in [0.05, 0.1) is 6.61 Å². The van der Waals surface area contributed by atoms with Crippen LogP contribution in [-0.4, -0.2) is 49.6 Å². The first-order chi connectivity index (χ1) is 12.5. The van der Waals surface area contributed by atoms with Crippen LogP contribution in [0.1, 0.15) is 64.2 Å². The third-order valence-electron chi connectivity index (χ3n) is 7.44. The summed E-state index contributed by atoms with van der Waals surface area (Å²) in [7, 11) is 1.61. The molecule has 1 heterocycles. The molecule has 1 N–H and O–H groups in total. The van der Waals surface area contributed by atoms with E-state index >= 15 is 0 Å². The van der Waals surface area contributed by atoms with Crippen LogP contribution >= 0.6 is 0 Å². The summed E-state index contributed by atoms with van der Waals surface area (Å²) in [6.45, 7) is 2.05. The van der Waals surface area contributed by atoms with Crippen LogP contribution in [0.5, 0.6) is 0 Å². The molecule has 0 radical (unpaired) electrons. The Hall–Kier alpha value is -1.10. The minimum absolute atomic E-state index is 0.0604. The number of hydrogen-bond acceptors (Lipinski definition) is 3. The lowest BCUT2D eigenvalue weighted by Crippen LogP contribution is -2.50. The van der Waals surface area contributed by atoms with Crippen LogP contribution in [0.15, 0.2) is 0 Å². The number of methoxy groups -OCH3 is 1. The number of rotatable bonds is 6. The highest BCUT2D eigenvalue weighted by molar-refractivity contribution is 5.78. The second-order valence-electron chi connectivity index (χ2n) is 9.56. The molecule has 0 aromatic rings. The van der Waals surface area contributed by atoms with Gasteiger partial charge in [-0.05, 0) is 74.5 Å². The number of nitrogens with zero attached hydrogens (tertiary/aromatic N) is 1. The predicted molar refractivity (Wildman–Crippen MR) is 99.5 cm³/mol. The molecule has 0 spiro atoms. The minimum Gasteiger partial charge on any atom is -0.384 e. The molecule has 4 aliphatic carbocycles. The Morgan fingerprint density at radius 2 is 1.62 bits per heavy atom. The molecule has 5 heteroatoms. The molecule has 0 atom stereocenters. The van der Waals surface area contributed by atoms with Gasteiger partial charge in [-0.25, -0.2) is 0 Å². The van der Waals surface area contributed by atoms with Gasteiger partial charge in [-0.1, -0.05) is 0 Å². The molecule has 5 nitrogen and oxygen atoms in total. The van der Waals surface area contributed by atoms with Crippen molar-refractivity contribution >= 4 is 11.8 Å². The summed E-state index contributed by atoms with van der Waals surface area (Å²) >= 11 is 0. The fraction of sp³-hybridized carbons (Fsp3) is 0.905. The van der Waals surface area contributed by atoms with Crippen molar-refractivity contribution in [3.05, 3.63) is 0 Å². The van der Waals surface area contributed by atoms with E-state index in [1.807, 2.05) is 0 Å². The lowest BCUT2D eigenvalue weighted by atomic mass is 9.49. The van der Waals surface area contributed by atoms with Crippen molar-refractivity contribution < 1.29 is 14.3 Å². The fourth-order valence-electron chi connectivity index (χ4n) is 6.71. The molecule has 26 heavy (non-hydrogen) atoms. The Bertz CT molecular complexity index is 504. The van der Waals surface area contributed by atoms with Crippen LogP contribution in [0, 0.1) is 23.2 Å². The van der Waals surface area contributed by atoms with E-state index in [2.05, 4.69) is 10.2 Å². The summed E-state index contributed by atoms with van der Waals surface area (Å²) in [5, 5.41) is 3.08. The highest BCUT2D eigenvalue weighted by Gasteiger charge is 2.51. The van der Waals surface area contributed by atoms with E-state index in [0.29, 0.717) is 24.3 Å². The Labute approximate surface area is 157 Å². The number of likely N-dealkylation sites (tertiary alicyclic amines) is 1. The summed E-state index contributed by atoms with van der Waals surface area (Å²) in [5.74, 6) is 3.15. The molecule has 4 bridgehead atoms. The second-order valence-corrected chi connectivity index (χ2v) is 9.56. The Kier molecular flexibility index (Phi) is 5.27. The normalized spacial score (nSPS) is 36.3. The lowest BCUT2D eigenvalue weighted by molar-refractivity contribution is -0.140. The van der Waals surface area contributed by atoms with Crippen LogP contribution in [0.4, 0.5) is 0 Å². The van der Waals surface area contributed by atoms with E-state index in [0.717, 1.165) is 50.1 Å². The van der Waals surface area contributed by atoms with Crippen molar-refractivity contribution in [2.45, 2.75) is 70.3 Å². The number of nitrogens with one attached hydrogen (secondary N) is 1. The van der Waals surface area contributed by atoms with E-state index in [1.165, 1.54) is 38.5 Å². The monoisotopic (exact) mass is 362 g/mol. The Balaban J connectivity index is 1.25. The van der Waals surface area contributed by atoms with Gasteiger partial charge in [0, 0.05) is 39.1 Å². The fourth-order valence-corrected chi connectivity index (χ4v) is 6.71. The maximum Gasteiger partial charge on any atom is 0.223 e. The van der Waals surface area contributed by atoms with Gasteiger partial charge in [0.1, 0.15) is 0 Å². The average Bonchev–Trinajstić information content (AvgIpc) is 2.59. The first-order valence-corrected chi connectivity index (χ1v) is 10.6. The molecule has 4 saturated carbocycles. The lowest BCUT2D eigenvalue weighted by Gasteiger charge is -2.57. The van der Waals surface area contributed by atoms with E-state index in [9.17, 15) is 9.59 Å². The molecule has 0 unspecified atom stereocenters. The van der Waals surface area contributed by atoms with E-state index in [-0.39, 0.29) is 11.9 Å². The van der Waals surface area contributed by atoms with Crippen LogP contribution in [0.2, 0.25) is 0 Å². The van der Waals surface area contributed by atoms with Crippen molar-refractivity contribution in [1.29, 1.82) is 0 Å². The van der Waals surface area contributed by atoms with Crippen LogP contribution in [0.25, 0.3) is 0 Å². The number of amides is 2. The van der Waals surface area contributed by atoms with E-state index in [4.69, 9.17) is 4.74 Å². The standard InChI is InChI=1S/C21H34N2O3/c1-26-7-4-19(24)22-18-2-5-23(6-3-18)20(25)14-21-11-15-8-16(12-21)10-17(9-15)13-21/h15-18H,2-14H2,1H3,(H,22,24). The maximum atomic E-state index is 13.0. The molecule has 5 fully saturated rings. The first-order valence-electron chi connectivity index (χ1n) is 10.6. The van der Waals surface area contributed by atoms with Gasteiger partial charge in [0.15, 0.2) is 0 Å². The molecular formula is C21H34N2O3. The van der Waals surface area contributed by atoms with E-state index < -0.39 is 0 Å². The zero-order chi connectivity index (χ0) is 18.1. The summed E-state index contributed by atoms with van der Waals surface area (Å²) in [6, 6.07) is 0.211. The van der Waals surface area contributed by atoms with Crippen molar-refractivity contribution in [3.63, 3.8) is 0 Å². The second kappa shape index (κ2) is 7.49. The number of carbonyl (C=O) groups excluding carboxylic acids is 2. The zero-order valence-corrected chi connectivity index (χ0v) is 16.2. The predicted octanol–water partition coefficient (Wildman–Crippen LogP) is 2.74. The zero-order valence-electron chi connectivity index (χ0n) is 16.2. The van der Waals surface area contributed by atoms with Gasteiger partial charge >= 0.3 is 0 Å². The molecular weight excluding hydrogens is 328 g/mol. The third-order valence-corrected chi connectivity index (χ3v) is 7.44. The van der Waals surface area contributed by atoms with Gasteiger partial charge in [0.2, 0.25) is 11.8 Å². The summed E-state index contributed by atoms with van der Waals surface area (Å²) in [5.41, 5.74) is 0.330. The van der Waals surface area contributed by atoms with Gasteiger partial charge in [0.25, 0.3) is 0 Å². The van der Waals surface area contributed by atoms with Gasteiger partial charge < -0.3 is 15.0 Å². The smallest absolute Gasteiger partial charge is 0.223 e. The number of hydrogen-bond donors (Lipinski definition) is 1. The van der Waals surface area contributed by atoms with Crippen LogP contribution in [-0.2, 0) is 14.3 Å². The molecule has 146 valence electrons. The van der Waals surface area contributed by atoms with Crippen LogP contribution in [0.3, 0.4) is 0 Å². The number of piperidine rings is 1. The molecule has 5 rings (SSSR count). The van der Waals surface area contributed by atoms with Crippen molar-refractivity contribution in [1.82, 2.24) is 10.2 Å². The number of carbonyl (C=O) groups is 2. The first kappa shape index (κ1) is 18.3. The molecule has 5 aliphatic rings. The van der Waals surface area contributed by atoms with Gasteiger partial charge in [-0.15, -0.1) is 0 Å². The summed E-state index contributed by atoms with van der Waals surface area (Å²) < 4.78 is 4.95. The van der Waals surface area contributed by atoms with Crippen LogP contribution < -0.4 is 5.32 Å². The SMILES string of the molecule is COCCC(=O)NC1CCN(C(=O)CC23CC4CC(CC(C4)C2)C3)CC1. The van der Waals surface area contributed by atoms with Gasteiger partial charge in [-0.2, -0.15) is 0 Å². The summed E-state index contributed by atoms with van der Waals surface area (Å²) in [4.78, 5) is 26.9. The Morgan fingerprint density at radius 3 is 2.15 bits per heavy atom. The molecule has 0 aromatic carbocycles. The highest BCUT2D eigenvalue weighted by atomic mass is 16.5. The molecule has 1 aliphatic heterocycles. The van der Waals surface area contributed by atoms with E-state index in [1.54, 1.807) is 7.11 Å². The number of ether oxygens (including phenoxy) is 1. The average molecular weight is 363 g/mol. The molecule has 2 amide bonds. The van der Waals surface area contributed by atoms with Crippen molar-refractivity contribution in [3.8, 4) is 0 Å². The topological polar surface area (TPSA) is 58.6 Å². The largest absolute Gasteiger partial charge is 0.384 e. The third kappa shape index (κ3) is 3.92. The Morgan fingerprint density at radius 1 is 1.04 bits per heavy atom. The summed E-state index contributed by atoms with van der Waals surface area (Å²) in [6.07, 6.45) is 11.2. The maximum absolute atomic E-state index is 13.0. The van der Waals surface area contributed by atoms with Gasteiger partial charge in [-0.3, -0.25) is 9.59 Å². The van der Waals surface area contributed by atoms with Crippen molar-refractivity contribution in [2.75, 3.05) is 26.8 Å². The minimum atomic E-state index is 0.0604. The molecule has 1 saturated heterocycles. The highest BCUT2D eigenvalue weighted by Crippen LogP contribution is 2.61. The quantitative estimate of drug-likeness (QED) is 0.790. The van der Waals surface area contributed by atoms with Crippen molar-refractivity contribution in [2.24, 2.45) is 23.2 Å².